The largest absolute Gasteiger partial charge is 0.311 e. The molecule has 1 nitrogen and oxygen atoms in total. The Kier molecular flexibility index (Phi) is 6.14. The van der Waals surface area contributed by atoms with Gasteiger partial charge in [0.25, 0.3) is 0 Å². The fraction of sp³-hybridized carbons (Fsp3) is 0.0870. The number of para-hydroxylation sites is 1. The van der Waals surface area contributed by atoms with Crippen LogP contribution in [0.4, 0.5) is 17.1 Å². The molecule has 0 radical (unpaired) electrons. The molecule has 0 aliphatic heterocycles. The zero-order valence-corrected chi connectivity index (χ0v) is 26.7. The molecular formula is C46H35N. The number of anilines is 3. The molecule has 0 amide bonds. The first kappa shape index (κ1) is 27.6. The molecule has 0 spiro atoms. The smallest absolute Gasteiger partial charge is 0.0713 e. The van der Waals surface area contributed by atoms with Crippen molar-refractivity contribution in [3.63, 3.8) is 0 Å². The van der Waals surface area contributed by atoms with Gasteiger partial charge >= 0.3 is 0 Å². The minimum Gasteiger partial charge on any atom is -0.311 e. The summed E-state index contributed by atoms with van der Waals surface area (Å²) in [6, 6.07) is 64.6. The van der Waals surface area contributed by atoms with Gasteiger partial charge in [0.15, 0.2) is 0 Å². The molecule has 0 atom stereocenters. The molecule has 1 heteroatoms. The van der Waals surface area contributed by atoms with Crippen molar-refractivity contribution in [1.29, 1.82) is 0 Å². The zero-order valence-electron chi connectivity index (χ0n) is 26.7. The van der Waals surface area contributed by atoms with Crippen molar-refractivity contribution in [1.82, 2.24) is 0 Å². The third kappa shape index (κ3) is 3.96. The van der Waals surface area contributed by atoms with Gasteiger partial charge in [0.05, 0.1) is 5.41 Å². The summed E-state index contributed by atoms with van der Waals surface area (Å²) in [5.41, 5.74) is 16.5. The molecule has 0 unspecified atom stereocenters. The normalized spacial score (nSPS) is 14.5. The molecule has 0 N–H and O–H groups in total. The molecule has 0 heterocycles. The van der Waals surface area contributed by atoms with Crippen LogP contribution in [0.25, 0.3) is 22.3 Å². The zero-order chi connectivity index (χ0) is 31.6. The van der Waals surface area contributed by atoms with Crippen molar-refractivity contribution < 1.29 is 0 Å². The van der Waals surface area contributed by atoms with E-state index in [0.717, 1.165) is 17.1 Å². The Bertz CT molecular complexity index is 2170. The van der Waals surface area contributed by atoms with Crippen LogP contribution in [-0.2, 0) is 10.8 Å². The molecule has 47 heavy (non-hydrogen) atoms. The van der Waals surface area contributed by atoms with E-state index in [0.29, 0.717) is 0 Å². The summed E-state index contributed by atoms with van der Waals surface area (Å²) in [6.45, 7) is 4.75. The van der Waals surface area contributed by atoms with E-state index in [9.17, 15) is 0 Å². The molecule has 0 saturated heterocycles. The molecule has 224 valence electrons. The maximum Gasteiger partial charge on any atom is 0.0713 e. The van der Waals surface area contributed by atoms with Gasteiger partial charge in [-0.05, 0) is 92.0 Å². The number of benzene rings is 7. The standard InChI is InChI=1S/C46H35N/c1-45(2)39-20-12-22-41-43(39)44-40(45)21-13-23-42(44)46(41,34-16-8-4-9-17-34)35-26-30-38(31-27-35)47(36-18-10-5-11-19-36)37-28-24-33(25-29-37)32-14-6-3-7-15-32/h3-31H,1-2H3. The molecule has 0 saturated carbocycles. The van der Waals surface area contributed by atoms with E-state index in [1.54, 1.807) is 0 Å². The highest BCUT2D eigenvalue weighted by Gasteiger charge is 2.52. The van der Waals surface area contributed by atoms with Gasteiger partial charge in [0.1, 0.15) is 0 Å². The molecule has 7 aromatic carbocycles. The lowest BCUT2D eigenvalue weighted by Gasteiger charge is -2.36. The third-order valence-corrected chi connectivity index (χ3v) is 10.5. The lowest BCUT2D eigenvalue weighted by Crippen LogP contribution is -2.30. The van der Waals surface area contributed by atoms with Crippen LogP contribution >= 0.6 is 0 Å². The molecule has 9 rings (SSSR count). The molecule has 0 bridgehead atoms. The molecule has 0 aromatic heterocycles. The summed E-state index contributed by atoms with van der Waals surface area (Å²) in [7, 11) is 0. The number of hydrogen-bond donors (Lipinski definition) is 0. The SMILES string of the molecule is CC1(C)c2cccc3c2-c2c1cccc2C3(c1ccccc1)c1ccc(N(c2ccccc2)c2ccc(-c3ccccc3)cc2)cc1. The van der Waals surface area contributed by atoms with E-state index in [1.807, 2.05) is 0 Å². The van der Waals surface area contributed by atoms with E-state index in [4.69, 9.17) is 0 Å². The van der Waals surface area contributed by atoms with Gasteiger partial charge in [0, 0.05) is 22.5 Å². The Morgan fingerprint density at radius 2 is 0.745 bits per heavy atom. The Labute approximate surface area is 277 Å². The van der Waals surface area contributed by atoms with Crippen LogP contribution in [-0.4, -0.2) is 0 Å². The first-order chi connectivity index (χ1) is 23.1. The fourth-order valence-electron chi connectivity index (χ4n) is 8.40. The predicted octanol–water partition coefficient (Wildman–Crippen LogP) is 11.8. The van der Waals surface area contributed by atoms with Crippen LogP contribution in [0.2, 0.25) is 0 Å². The van der Waals surface area contributed by atoms with E-state index < -0.39 is 5.41 Å². The highest BCUT2D eigenvalue weighted by atomic mass is 15.1. The highest BCUT2D eigenvalue weighted by Crippen LogP contribution is 2.64. The highest BCUT2D eigenvalue weighted by molar-refractivity contribution is 5.95. The van der Waals surface area contributed by atoms with Gasteiger partial charge in [0.2, 0.25) is 0 Å². The van der Waals surface area contributed by atoms with Crippen molar-refractivity contribution in [3.05, 3.63) is 209 Å². The van der Waals surface area contributed by atoms with Crippen molar-refractivity contribution in [2.45, 2.75) is 24.7 Å². The Hall–Kier alpha value is -5.66. The monoisotopic (exact) mass is 601 g/mol. The summed E-state index contributed by atoms with van der Waals surface area (Å²) in [5, 5.41) is 0. The van der Waals surface area contributed by atoms with Crippen molar-refractivity contribution in [2.75, 3.05) is 4.90 Å². The number of hydrogen-bond acceptors (Lipinski definition) is 1. The molecule has 7 aromatic rings. The van der Waals surface area contributed by atoms with Gasteiger partial charge < -0.3 is 4.90 Å². The average molecular weight is 602 g/mol. The topological polar surface area (TPSA) is 3.24 Å². The second kappa shape index (κ2) is 10.4. The predicted molar refractivity (Wildman–Crippen MR) is 196 cm³/mol. The van der Waals surface area contributed by atoms with Crippen LogP contribution in [0.3, 0.4) is 0 Å². The number of nitrogens with zero attached hydrogens (tertiary/aromatic N) is 1. The minimum atomic E-state index is -0.401. The maximum absolute atomic E-state index is 2.38. The number of rotatable bonds is 6. The minimum absolute atomic E-state index is 0.0182. The van der Waals surface area contributed by atoms with Crippen molar-refractivity contribution >= 4 is 17.1 Å². The lowest BCUT2D eigenvalue weighted by atomic mass is 9.66. The summed E-state index contributed by atoms with van der Waals surface area (Å²) in [5.74, 6) is 0. The van der Waals surface area contributed by atoms with Gasteiger partial charge in [-0.25, -0.2) is 0 Å². The quantitative estimate of drug-likeness (QED) is 0.183. The second-order valence-corrected chi connectivity index (χ2v) is 13.3. The molecule has 2 aliphatic carbocycles. The third-order valence-electron chi connectivity index (χ3n) is 10.5. The van der Waals surface area contributed by atoms with Gasteiger partial charge in [-0.2, -0.15) is 0 Å². The van der Waals surface area contributed by atoms with Gasteiger partial charge in [-0.1, -0.05) is 153 Å². The summed E-state index contributed by atoms with van der Waals surface area (Å²) in [4.78, 5) is 2.35. The fourth-order valence-corrected chi connectivity index (χ4v) is 8.40. The summed E-state index contributed by atoms with van der Waals surface area (Å²) >= 11 is 0. The van der Waals surface area contributed by atoms with E-state index in [1.165, 1.54) is 55.6 Å². The van der Waals surface area contributed by atoms with Crippen LogP contribution in [0, 0.1) is 0 Å². The Morgan fingerprint density at radius 3 is 1.30 bits per heavy atom. The first-order valence-corrected chi connectivity index (χ1v) is 16.5. The van der Waals surface area contributed by atoms with Gasteiger partial charge in [-0.3, -0.25) is 0 Å². The van der Waals surface area contributed by atoms with Gasteiger partial charge in [-0.15, -0.1) is 0 Å². The Balaban J connectivity index is 1.22. The van der Waals surface area contributed by atoms with Crippen molar-refractivity contribution in [2.24, 2.45) is 0 Å². The van der Waals surface area contributed by atoms with Crippen LogP contribution < -0.4 is 4.90 Å². The average Bonchev–Trinajstić information content (AvgIpc) is 3.57. The van der Waals surface area contributed by atoms with Crippen LogP contribution in [0.5, 0.6) is 0 Å². The molecule has 2 aliphatic rings. The first-order valence-electron chi connectivity index (χ1n) is 16.5. The van der Waals surface area contributed by atoms with E-state index >= 15 is 0 Å². The molecular weight excluding hydrogens is 567 g/mol. The second-order valence-electron chi connectivity index (χ2n) is 13.3. The van der Waals surface area contributed by atoms with Crippen LogP contribution in [0.15, 0.2) is 176 Å². The van der Waals surface area contributed by atoms with E-state index in [-0.39, 0.29) is 5.41 Å². The van der Waals surface area contributed by atoms with Crippen molar-refractivity contribution in [3.8, 4) is 22.3 Å². The Morgan fingerprint density at radius 1 is 0.340 bits per heavy atom. The lowest BCUT2D eigenvalue weighted by molar-refractivity contribution is 0.652. The molecule has 0 fully saturated rings. The summed E-state index contributed by atoms with van der Waals surface area (Å²) < 4.78 is 0. The van der Waals surface area contributed by atoms with E-state index in [2.05, 4.69) is 195 Å². The maximum atomic E-state index is 2.38. The van der Waals surface area contributed by atoms with Crippen LogP contribution in [0.1, 0.15) is 47.2 Å². The summed E-state index contributed by atoms with van der Waals surface area (Å²) in [6.07, 6.45) is 0.